The van der Waals surface area contributed by atoms with E-state index in [1.807, 2.05) is 59.5 Å². The molecule has 1 atom stereocenters. The molecule has 1 aliphatic carbocycles. The van der Waals surface area contributed by atoms with Crippen molar-refractivity contribution in [3.05, 3.63) is 88.6 Å². The second-order valence-electron chi connectivity index (χ2n) is 8.85. The van der Waals surface area contributed by atoms with Crippen molar-refractivity contribution < 1.29 is 14.3 Å². The van der Waals surface area contributed by atoms with Gasteiger partial charge in [0.25, 0.3) is 5.91 Å². The standard InChI is InChI=1S/C27H29N3O3/c31-26-24-23(17-30(26)16-15-19-7-3-1-4-8-19)28-27(32)29-25(24)21-11-13-22(14-12-21)33-18-20-9-5-2-6-10-20/h2,5-7,9-14,25H,1,3-4,8,15-18H2,(H2,28,29,32). The van der Waals surface area contributed by atoms with E-state index < -0.39 is 6.04 Å². The minimum absolute atomic E-state index is 0.00307. The lowest BCUT2D eigenvalue weighted by molar-refractivity contribution is -0.125. The third-order valence-corrected chi connectivity index (χ3v) is 6.57. The van der Waals surface area contributed by atoms with E-state index in [2.05, 4.69) is 16.7 Å². The number of hydrogen-bond acceptors (Lipinski definition) is 3. The van der Waals surface area contributed by atoms with Crippen LogP contribution >= 0.6 is 0 Å². The third-order valence-electron chi connectivity index (χ3n) is 6.57. The van der Waals surface area contributed by atoms with Crippen molar-refractivity contribution in [1.82, 2.24) is 15.5 Å². The zero-order valence-corrected chi connectivity index (χ0v) is 18.7. The van der Waals surface area contributed by atoms with Crippen LogP contribution < -0.4 is 15.4 Å². The Labute approximate surface area is 194 Å². The second kappa shape index (κ2) is 9.53. The van der Waals surface area contributed by atoms with E-state index >= 15 is 0 Å². The van der Waals surface area contributed by atoms with Crippen LogP contribution in [0.1, 0.15) is 49.3 Å². The van der Waals surface area contributed by atoms with Crippen molar-refractivity contribution in [2.45, 2.75) is 44.8 Å². The molecule has 3 amide bonds. The highest BCUT2D eigenvalue weighted by atomic mass is 16.5. The van der Waals surface area contributed by atoms with Gasteiger partial charge in [-0.3, -0.25) is 4.79 Å². The van der Waals surface area contributed by atoms with Gasteiger partial charge in [-0.25, -0.2) is 4.79 Å². The Balaban J connectivity index is 1.26. The predicted octanol–water partition coefficient (Wildman–Crippen LogP) is 4.61. The fourth-order valence-corrected chi connectivity index (χ4v) is 4.77. The molecule has 0 saturated heterocycles. The fourth-order valence-electron chi connectivity index (χ4n) is 4.77. The molecule has 1 unspecified atom stereocenters. The van der Waals surface area contributed by atoms with Gasteiger partial charge in [0, 0.05) is 6.54 Å². The van der Waals surface area contributed by atoms with Gasteiger partial charge in [0.2, 0.25) is 0 Å². The maximum Gasteiger partial charge on any atom is 0.319 e. The molecule has 2 aromatic rings. The molecule has 0 saturated carbocycles. The first-order chi connectivity index (χ1) is 16.2. The smallest absolute Gasteiger partial charge is 0.319 e. The van der Waals surface area contributed by atoms with E-state index in [0.29, 0.717) is 25.3 Å². The van der Waals surface area contributed by atoms with Crippen LogP contribution in [0.2, 0.25) is 0 Å². The molecular weight excluding hydrogens is 414 g/mol. The van der Waals surface area contributed by atoms with Crippen LogP contribution in [0.5, 0.6) is 5.75 Å². The highest BCUT2D eigenvalue weighted by Crippen LogP contribution is 2.33. The Hall–Kier alpha value is -3.54. The number of hydrogen-bond donors (Lipinski definition) is 2. The third kappa shape index (κ3) is 4.80. The average molecular weight is 444 g/mol. The Bertz CT molecular complexity index is 1090. The molecule has 2 aliphatic heterocycles. The predicted molar refractivity (Wildman–Crippen MR) is 126 cm³/mol. The van der Waals surface area contributed by atoms with Crippen molar-refractivity contribution in [2.24, 2.45) is 0 Å². The Morgan fingerprint density at radius 3 is 2.58 bits per heavy atom. The molecule has 0 radical (unpaired) electrons. The quantitative estimate of drug-likeness (QED) is 0.614. The van der Waals surface area contributed by atoms with E-state index in [1.165, 1.54) is 18.4 Å². The summed E-state index contributed by atoms with van der Waals surface area (Å²) in [7, 11) is 0. The van der Waals surface area contributed by atoms with Gasteiger partial charge in [-0.15, -0.1) is 0 Å². The first kappa shape index (κ1) is 21.3. The zero-order chi connectivity index (χ0) is 22.6. The zero-order valence-electron chi connectivity index (χ0n) is 18.7. The number of urea groups is 1. The van der Waals surface area contributed by atoms with Gasteiger partial charge in [-0.05, 0) is 55.4 Å². The molecule has 6 heteroatoms. The number of nitrogens with zero attached hydrogens (tertiary/aromatic N) is 1. The summed E-state index contributed by atoms with van der Waals surface area (Å²) >= 11 is 0. The highest BCUT2D eigenvalue weighted by Gasteiger charge is 2.40. The van der Waals surface area contributed by atoms with Crippen LogP contribution in [0, 0.1) is 0 Å². The lowest BCUT2D eigenvalue weighted by Crippen LogP contribution is -2.44. The highest BCUT2D eigenvalue weighted by molar-refractivity contribution is 6.01. The van der Waals surface area contributed by atoms with Crippen LogP contribution in [0.4, 0.5) is 4.79 Å². The van der Waals surface area contributed by atoms with Crippen LogP contribution in [0.15, 0.2) is 77.5 Å². The van der Waals surface area contributed by atoms with Crippen LogP contribution in [0.3, 0.4) is 0 Å². The van der Waals surface area contributed by atoms with Crippen molar-refractivity contribution in [3.8, 4) is 5.75 Å². The molecule has 0 bridgehead atoms. The van der Waals surface area contributed by atoms with Gasteiger partial charge < -0.3 is 20.3 Å². The number of carbonyl (C=O) groups is 2. The molecule has 2 N–H and O–H groups in total. The Morgan fingerprint density at radius 2 is 1.82 bits per heavy atom. The van der Waals surface area contributed by atoms with E-state index in [-0.39, 0.29) is 11.9 Å². The summed E-state index contributed by atoms with van der Waals surface area (Å²) in [5.74, 6) is 0.750. The first-order valence-electron chi connectivity index (χ1n) is 11.7. The Morgan fingerprint density at radius 1 is 1.00 bits per heavy atom. The van der Waals surface area contributed by atoms with Gasteiger partial charge in [0.05, 0.1) is 23.9 Å². The summed E-state index contributed by atoms with van der Waals surface area (Å²) < 4.78 is 5.88. The second-order valence-corrected chi connectivity index (χ2v) is 8.85. The number of carbonyl (C=O) groups excluding carboxylic acids is 2. The lowest BCUT2D eigenvalue weighted by atomic mass is 9.96. The van der Waals surface area contributed by atoms with Crippen molar-refractivity contribution in [2.75, 3.05) is 13.1 Å². The normalized spacial score (nSPS) is 20.2. The number of amides is 3. The van der Waals surface area contributed by atoms with E-state index in [4.69, 9.17) is 4.74 Å². The summed E-state index contributed by atoms with van der Waals surface area (Å²) in [5, 5.41) is 5.78. The molecule has 2 heterocycles. The molecule has 5 rings (SSSR count). The number of nitrogens with one attached hydrogen (secondary N) is 2. The molecule has 0 aromatic heterocycles. The van der Waals surface area contributed by atoms with Crippen LogP contribution in [-0.2, 0) is 11.4 Å². The number of benzene rings is 2. The van der Waals surface area contributed by atoms with Crippen molar-refractivity contribution >= 4 is 11.9 Å². The van der Waals surface area contributed by atoms with E-state index in [1.54, 1.807) is 0 Å². The van der Waals surface area contributed by atoms with E-state index in [9.17, 15) is 9.59 Å². The molecule has 2 aromatic carbocycles. The van der Waals surface area contributed by atoms with Crippen molar-refractivity contribution in [1.29, 1.82) is 0 Å². The number of ether oxygens (including phenoxy) is 1. The van der Waals surface area contributed by atoms with Gasteiger partial charge in [-0.1, -0.05) is 54.1 Å². The summed E-state index contributed by atoms with van der Waals surface area (Å²) in [4.78, 5) is 27.4. The van der Waals surface area contributed by atoms with Crippen molar-refractivity contribution in [3.63, 3.8) is 0 Å². The van der Waals surface area contributed by atoms with Gasteiger partial charge in [0.1, 0.15) is 12.4 Å². The minimum Gasteiger partial charge on any atom is -0.489 e. The monoisotopic (exact) mass is 443 g/mol. The topological polar surface area (TPSA) is 70.7 Å². The lowest BCUT2D eigenvalue weighted by Gasteiger charge is -2.25. The van der Waals surface area contributed by atoms with Crippen LogP contribution in [0.25, 0.3) is 0 Å². The molecule has 0 fully saturated rings. The Kier molecular flexibility index (Phi) is 6.15. The van der Waals surface area contributed by atoms with Gasteiger partial charge in [-0.2, -0.15) is 0 Å². The maximum atomic E-state index is 13.3. The average Bonchev–Trinajstić information content (AvgIpc) is 3.17. The molecule has 0 spiro atoms. The van der Waals surface area contributed by atoms with Gasteiger partial charge >= 0.3 is 6.03 Å². The van der Waals surface area contributed by atoms with E-state index in [0.717, 1.165) is 41.8 Å². The fraction of sp³-hybridized carbons (Fsp3) is 0.333. The summed E-state index contributed by atoms with van der Waals surface area (Å²) in [6.45, 7) is 1.64. The molecular formula is C27H29N3O3. The van der Waals surface area contributed by atoms with Crippen LogP contribution in [-0.4, -0.2) is 29.9 Å². The van der Waals surface area contributed by atoms with Gasteiger partial charge in [0.15, 0.2) is 0 Å². The SMILES string of the molecule is O=C1NC2=C(C(=O)N(CCC3=CCCCC3)C2)C(c2ccc(OCc3ccccc3)cc2)N1. The summed E-state index contributed by atoms with van der Waals surface area (Å²) in [6.07, 6.45) is 8.01. The minimum atomic E-state index is -0.455. The molecule has 170 valence electrons. The molecule has 6 nitrogen and oxygen atoms in total. The first-order valence-corrected chi connectivity index (χ1v) is 11.7. The largest absolute Gasteiger partial charge is 0.489 e. The number of rotatable bonds is 7. The molecule has 3 aliphatic rings. The summed E-state index contributed by atoms with van der Waals surface area (Å²) in [6, 6.07) is 16.9. The summed E-state index contributed by atoms with van der Waals surface area (Å²) in [5.41, 5.74) is 4.78. The number of allylic oxidation sites excluding steroid dienone is 1. The molecule has 33 heavy (non-hydrogen) atoms. The maximum absolute atomic E-state index is 13.3.